The molecule has 7 heteroatoms. The fourth-order valence-electron chi connectivity index (χ4n) is 4.80. The Kier molecular flexibility index (Phi) is 7.98. The summed E-state index contributed by atoms with van der Waals surface area (Å²) in [6.45, 7) is 5.19. The van der Waals surface area contributed by atoms with Crippen LogP contribution in [-0.2, 0) is 14.4 Å². The summed E-state index contributed by atoms with van der Waals surface area (Å²) >= 11 is 5.98. The van der Waals surface area contributed by atoms with Crippen LogP contribution >= 0.6 is 11.6 Å². The first-order valence-corrected chi connectivity index (χ1v) is 11.7. The van der Waals surface area contributed by atoms with Gasteiger partial charge in [-0.15, -0.1) is 0 Å². The molecule has 2 unspecified atom stereocenters. The number of aliphatic carboxylic acids is 1. The number of amides is 2. The van der Waals surface area contributed by atoms with E-state index in [-0.39, 0.29) is 23.7 Å². The van der Waals surface area contributed by atoms with Crippen LogP contribution in [-0.4, -0.2) is 46.9 Å². The average Bonchev–Trinajstić information content (AvgIpc) is 2.77. The summed E-state index contributed by atoms with van der Waals surface area (Å²) in [7, 11) is 0. The minimum atomic E-state index is -0.836. The van der Waals surface area contributed by atoms with Gasteiger partial charge in [-0.25, -0.2) is 0 Å². The van der Waals surface area contributed by atoms with Gasteiger partial charge in [-0.05, 0) is 61.6 Å². The van der Waals surface area contributed by atoms with Crippen LogP contribution in [0.3, 0.4) is 0 Å². The molecule has 0 aromatic heterocycles. The second kappa shape index (κ2) is 10.5. The molecule has 170 valence electrons. The van der Waals surface area contributed by atoms with Crippen molar-refractivity contribution >= 4 is 29.4 Å². The Morgan fingerprint density at radius 2 is 1.65 bits per heavy atom. The topological polar surface area (TPSA) is 86.7 Å². The number of nitrogens with one attached hydrogen (secondary N) is 1. The molecule has 1 aromatic carbocycles. The molecule has 3 rings (SSSR count). The second-order valence-electron chi connectivity index (χ2n) is 9.28. The predicted molar refractivity (Wildman–Crippen MR) is 120 cm³/mol. The van der Waals surface area contributed by atoms with Crippen molar-refractivity contribution in [2.45, 2.75) is 64.3 Å². The van der Waals surface area contributed by atoms with Crippen LogP contribution in [0.4, 0.5) is 0 Å². The summed E-state index contributed by atoms with van der Waals surface area (Å²) in [5.41, 5.74) is 1.25. The summed E-state index contributed by atoms with van der Waals surface area (Å²) < 4.78 is 0. The van der Waals surface area contributed by atoms with Gasteiger partial charge in [0.25, 0.3) is 0 Å². The van der Waals surface area contributed by atoms with Gasteiger partial charge in [0.2, 0.25) is 11.8 Å². The summed E-state index contributed by atoms with van der Waals surface area (Å²) in [4.78, 5) is 39.2. The van der Waals surface area contributed by atoms with E-state index in [0.29, 0.717) is 38.3 Å². The molecule has 1 aliphatic carbocycles. The van der Waals surface area contributed by atoms with E-state index < -0.39 is 17.9 Å². The molecular weight excluding hydrogens is 416 g/mol. The van der Waals surface area contributed by atoms with Crippen molar-refractivity contribution in [3.8, 4) is 0 Å². The Morgan fingerprint density at radius 3 is 2.23 bits per heavy atom. The lowest BCUT2D eigenvalue weighted by molar-refractivity contribution is -0.145. The fourth-order valence-corrected chi connectivity index (χ4v) is 4.93. The molecule has 0 radical (unpaired) electrons. The van der Waals surface area contributed by atoms with Gasteiger partial charge in [0.1, 0.15) is 6.04 Å². The van der Waals surface area contributed by atoms with Crippen molar-refractivity contribution in [1.29, 1.82) is 0 Å². The minimum absolute atomic E-state index is 0.0377. The predicted octanol–water partition coefficient (Wildman–Crippen LogP) is 4.08. The largest absolute Gasteiger partial charge is 0.481 e. The van der Waals surface area contributed by atoms with Gasteiger partial charge in [-0.3, -0.25) is 14.4 Å². The molecule has 1 aromatic rings. The van der Waals surface area contributed by atoms with E-state index in [4.69, 9.17) is 11.6 Å². The number of carbonyl (C=O) groups excluding carboxylic acids is 2. The molecule has 1 saturated heterocycles. The molecule has 0 spiro atoms. The van der Waals surface area contributed by atoms with E-state index in [9.17, 15) is 19.5 Å². The van der Waals surface area contributed by atoms with Crippen LogP contribution in [0.25, 0.3) is 0 Å². The van der Waals surface area contributed by atoms with Crippen LogP contribution in [0.15, 0.2) is 24.3 Å². The lowest BCUT2D eigenvalue weighted by Crippen LogP contribution is -2.54. The number of nitrogens with zero attached hydrogens (tertiary/aromatic N) is 1. The molecule has 3 atom stereocenters. The second-order valence-corrected chi connectivity index (χ2v) is 9.72. The number of halogens is 1. The monoisotopic (exact) mass is 448 g/mol. The standard InChI is InChI=1S/C24H33ClN2O4/c1-15(2)21(26-22(28)18-4-3-5-19(14-18)24(30)31)23(29)27-12-10-17(11-13-27)16-6-8-20(25)9-7-16/h6-9,15,17-19,21H,3-5,10-14H2,1-2H3,(H,26,28)(H,30,31)/t18?,19?,21-/m1/s1. The van der Waals surface area contributed by atoms with E-state index in [2.05, 4.69) is 17.4 Å². The number of carboxylic acids is 1. The normalized spacial score (nSPS) is 23.4. The number of hydrogen-bond donors (Lipinski definition) is 2. The van der Waals surface area contributed by atoms with E-state index >= 15 is 0 Å². The highest BCUT2D eigenvalue weighted by Crippen LogP contribution is 2.31. The van der Waals surface area contributed by atoms with Gasteiger partial charge < -0.3 is 15.3 Å². The van der Waals surface area contributed by atoms with Gasteiger partial charge in [0, 0.05) is 24.0 Å². The third-order valence-electron chi connectivity index (χ3n) is 6.77. The van der Waals surface area contributed by atoms with Crippen LogP contribution in [0.2, 0.25) is 5.02 Å². The Hall–Kier alpha value is -2.08. The van der Waals surface area contributed by atoms with E-state index in [1.807, 2.05) is 30.9 Å². The van der Waals surface area contributed by atoms with Crippen LogP contribution < -0.4 is 5.32 Å². The van der Waals surface area contributed by atoms with Gasteiger partial charge in [-0.1, -0.05) is 44.0 Å². The highest BCUT2D eigenvalue weighted by atomic mass is 35.5. The first-order chi connectivity index (χ1) is 14.8. The minimum Gasteiger partial charge on any atom is -0.481 e. The maximum absolute atomic E-state index is 13.2. The summed E-state index contributed by atoms with van der Waals surface area (Å²) in [5.74, 6) is -1.49. The molecular formula is C24H33ClN2O4. The number of carboxylic acid groups (broad SMARTS) is 1. The van der Waals surface area contributed by atoms with Crippen molar-refractivity contribution in [3.63, 3.8) is 0 Å². The first kappa shape index (κ1) is 23.6. The lowest BCUT2D eigenvalue weighted by atomic mass is 9.80. The molecule has 2 fully saturated rings. The fraction of sp³-hybridized carbons (Fsp3) is 0.625. The van der Waals surface area contributed by atoms with Gasteiger partial charge in [0.05, 0.1) is 5.92 Å². The third-order valence-corrected chi connectivity index (χ3v) is 7.02. The Morgan fingerprint density at radius 1 is 1.03 bits per heavy atom. The number of benzene rings is 1. The maximum Gasteiger partial charge on any atom is 0.306 e. The Labute approximate surface area is 189 Å². The SMILES string of the molecule is CC(C)[C@@H](NC(=O)C1CCCC(C(=O)O)C1)C(=O)N1CCC(c2ccc(Cl)cc2)CC1. The number of hydrogen-bond acceptors (Lipinski definition) is 3. The van der Waals surface area contributed by atoms with Crippen molar-refractivity contribution in [2.75, 3.05) is 13.1 Å². The van der Waals surface area contributed by atoms with Crippen LogP contribution in [0.1, 0.15) is 63.9 Å². The summed E-state index contributed by atoms with van der Waals surface area (Å²) in [6, 6.07) is 7.33. The van der Waals surface area contributed by atoms with Gasteiger partial charge in [-0.2, -0.15) is 0 Å². The zero-order chi connectivity index (χ0) is 22.5. The quantitative estimate of drug-likeness (QED) is 0.686. The Bertz CT molecular complexity index is 787. The summed E-state index contributed by atoms with van der Waals surface area (Å²) in [5, 5.41) is 13.0. The number of piperidine rings is 1. The third kappa shape index (κ3) is 6.00. The molecule has 1 aliphatic heterocycles. The van der Waals surface area contributed by atoms with Crippen molar-refractivity contribution in [1.82, 2.24) is 10.2 Å². The zero-order valence-electron chi connectivity index (χ0n) is 18.4. The van der Waals surface area contributed by atoms with Crippen molar-refractivity contribution in [2.24, 2.45) is 17.8 Å². The maximum atomic E-state index is 13.2. The highest BCUT2D eigenvalue weighted by molar-refractivity contribution is 6.30. The zero-order valence-corrected chi connectivity index (χ0v) is 19.1. The molecule has 2 amide bonds. The van der Waals surface area contributed by atoms with Crippen LogP contribution in [0.5, 0.6) is 0 Å². The smallest absolute Gasteiger partial charge is 0.306 e. The van der Waals surface area contributed by atoms with Crippen molar-refractivity contribution in [3.05, 3.63) is 34.9 Å². The van der Waals surface area contributed by atoms with Crippen molar-refractivity contribution < 1.29 is 19.5 Å². The molecule has 6 nitrogen and oxygen atoms in total. The molecule has 2 N–H and O–H groups in total. The summed E-state index contributed by atoms with van der Waals surface area (Å²) in [6.07, 6.45) is 4.15. The number of rotatable bonds is 6. The number of likely N-dealkylation sites (tertiary alicyclic amines) is 1. The number of carbonyl (C=O) groups is 3. The molecule has 1 saturated carbocycles. The lowest BCUT2D eigenvalue weighted by Gasteiger charge is -2.36. The van der Waals surface area contributed by atoms with Crippen LogP contribution in [0, 0.1) is 17.8 Å². The average molecular weight is 449 g/mol. The van der Waals surface area contributed by atoms with Gasteiger partial charge >= 0.3 is 5.97 Å². The van der Waals surface area contributed by atoms with E-state index in [1.54, 1.807) is 0 Å². The van der Waals surface area contributed by atoms with E-state index in [0.717, 1.165) is 24.3 Å². The molecule has 1 heterocycles. The molecule has 0 bridgehead atoms. The molecule has 2 aliphatic rings. The highest BCUT2D eigenvalue weighted by Gasteiger charge is 2.35. The Balaban J connectivity index is 1.57. The van der Waals surface area contributed by atoms with E-state index in [1.165, 1.54) is 5.56 Å². The molecule has 31 heavy (non-hydrogen) atoms. The van der Waals surface area contributed by atoms with Gasteiger partial charge in [0.15, 0.2) is 0 Å². The first-order valence-electron chi connectivity index (χ1n) is 11.3.